The molecule has 0 aliphatic heterocycles. The van der Waals surface area contributed by atoms with Crippen molar-refractivity contribution in [2.45, 2.75) is 18.8 Å². The SMILES string of the molecule is N/C(=N/O)c1ccc(-n2ccc(C3CC3)n2)cc1Br. The van der Waals surface area contributed by atoms with Crippen LogP contribution in [0.4, 0.5) is 0 Å². The molecule has 1 aromatic carbocycles. The van der Waals surface area contributed by atoms with Crippen LogP contribution in [-0.4, -0.2) is 20.8 Å². The highest BCUT2D eigenvalue weighted by molar-refractivity contribution is 9.10. The van der Waals surface area contributed by atoms with Crippen molar-refractivity contribution in [1.82, 2.24) is 9.78 Å². The molecule has 0 radical (unpaired) electrons. The van der Waals surface area contributed by atoms with Gasteiger partial charge in [-0.25, -0.2) is 4.68 Å². The summed E-state index contributed by atoms with van der Waals surface area (Å²) < 4.78 is 2.61. The van der Waals surface area contributed by atoms with Gasteiger partial charge in [-0.2, -0.15) is 5.10 Å². The summed E-state index contributed by atoms with van der Waals surface area (Å²) in [6.07, 6.45) is 4.44. The Morgan fingerprint density at radius 1 is 1.42 bits per heavy atom. The Morgan fingerprint density at radius 3 is 2.84 bits per heavy atom. The lowest BCUT2D eigenvalue weighted by molar-refractivity contribution is 0.318. The fourth-order valence-electron chi connectivity index (χ4n) is 1.99. The van der Waals surface area contributed by atoms with Crippen molar-refractivity contribution in [2.24, 2.45) is 10.9 Å². The van der Waals surface area contributed by atoms with E-state index in [1.54, 1.807) is 6.07 Å². The van der Waals surface area contributed by atoms with Crippen molar-refractivity contribution in [3.05, 3.63) is 46.2 Å². The third-order valence-electron chi connectivity index (χ3n) is 3.21. The van der Waals surface area contributed by atoms with E-state index >= 15 is 0 Å². The maximum absolute atomic E-state index is 8.69. The van der Waals surface area contributed by atoms with E-state index in [2.05, 4.69) is 32.3 Å². The number of aromatic nitrogens is 2. The Labute approximate surface area is 118 Å². The van der Waals surface area contributed by atoms with Gasteiger partial charge in [0.1, 0.15) is 0 Å². The van der Waals surface area contributed by atoms with Gasteiger partial charge in [-0.15, -0.1) is 0 Å². The van der Waals surface area contributed by atoms with E-state index in [0.717, 1.165) is 15.9 Å². The third-order valence-corrected chi connectivity index (χ3v) is 3.86. The quantitative estimate of drug-likeness (QED) is 0.395. The Hall–Kier alpha value is -1.82. The summed E-state index contributed by atoms with van der Waals surface area (Å²) in [7, 11) is 0. The van der Waals surface area contributed by atoms with E-state index in [4.69, 9.17) is 10.9 Å². The average Bonchev–Trinajstić information content (AvgIpc) is 3.15. The maximum Gasteiger partial charge on any atom is 0.171 e. The second-order valence-electron chi connectivity index (χ2n) is 4.61. The highest BCUT2D eigenvalue weighted by Crippen LogP contribution is 2.39. The topological polar surface area (TPSA) is 76.4 Å². The summed E-state index contributed by atoms with van der Waals surface area (Å²) in [5.41, 5.74) is 8.32. The lowest BCUT2D eigenvalue weighted by Gasteiger charge is -2.06. The Morgan fingerprint density at radius 2 is 2.21 bits per heavy atom. The average molecular weight is 321 g/mol. The molecule has 0 spiro atoms. The van der Waals surface area contributed by atoms with Gasteiger partial charge in [0.25, 0.3) is 0 Å². The van der Waals surface area contributed by atoms with Crippen molar-refractivity contribution < 1.29 is 5.21 Å². The predicted molar refractivity (Wildman–Crippen MR) is 75.7 cm³/mol. The minimum absolute atomic E-state index is 0.0811. The van der Waals surface area contributed by atoms with Gasteiger partial charge >= 0.3 is 0 Å². The van der Waals surface area contributed by atoms with Gasteiger partial charge in [0.2, 0.25) is 0 Å². The molecule has 1 aliphatic rings. The van der Waals surface area contributed by atoms with E-state index in [1.807, 2.05) is 23.0 Å². The molecule has 0 bridgehead atoms. The summed E-state index contributed by atoms with van der Waals surface area (Å²) in [5.74, 6) is 0.721. The van der Waals surface area contributed by atoms with Crippen LogP contribution in [0.5, 0.6) is 0 Å². The first-order valence-corrected chi connectivity index (χ1v) is 6.81. The molecule has 0 atom stereocenters. The molecule has 1 aromatic heterocycles. The number of hydrogen-bond acceptors (Lipinski definition) is 3. The molecule has 0 amide bonds. The molecular formula is C13H13BrN4O. The first-order valence-electron chi connectivity index (χ1n) is 6.02. The van der Waals surface area contributed by atoms with Gasteiger partial charge in [-0.05, 0) is 53.0 Å². The molecule has 6 heteroatoms. The van der Waals surface area contributed by atoms with Crippen molar-refractivity contribution in [3.63, 3.8) is 0 Å². The summed E-state index contributed by atoms with van der Waals surface area (Å²) >= 11 is 3.42. The van der Waals surface area contributed by atoms with E-state index in [-0.39, 0.29) is 5.84 Å². The molecule has 3 N–H and O–H groups in total. The van der Waals surface area contributed by atoms with Crippen molar-refractivity contribution in [2.75, 3.05) is 0 Å². The minimum atomic E-state index is 0.0811. The zero-order chi connectivity index (χ0) is 13.4. The van der Waals surface area contributed by atoms with Crippen LogP contribution in [0, 0.1) is 0 Å². The van der Waals surface area contributed by atoms with Gasteiger partial charge in [0, 0.05) is 22.2 Å². The molecule has 1 heterocycles. The van der Waals surface area contributed by atoms with E-state index in [9.17, 15) is 0 Å². The summed E-state index contributed by atoms with van der Waals surface area (Å²) in [4.78, 5) is 0. The van der Waals surface area contributed by atoms with E-state index in [1.165, 1.54) is 12.8 Å². The zero-order valence-corrected chi connectivity index (χ0v) is 11.7. The molecule has 1 fully saturated rings. The molecular weight excluding hydrogens is 308 g/mol. The first-order chi connectivity index (χ1) is 9.19. The number of rotatable bonds is 3. The van der Waals surface area contributed by atoms with Crippen LogP contribution in [-0.2, 0) is 0 Å². The number of benzene rings is 1. The van der Waals surface area contributed by atoms with Gasteiger partial charge in [0.15, 0.2) is 5.84 Å². The smallest absolute Gasteiger partial charge is 0.171 e. The Bertz CT molecular complexity index is 646. The molecule has 5 nitrogen and oxygen atoms in total. The molecule has 19 heavy (non-hydrogen) atoms. The lowest BCUT2D eigenvalue weighted by Crippen LogP contribution is -2.14. The summed E-state index contributed by atoms with van der Waals surface area (Å²) in [5, 5.41) is 16.3. The van der Waals surface area contributed by atoms with Crippen LogP contribution in [0.2, 0.25) is 0 Å². The molecule has 2 aromatic rings. The van der Waals surface area contributed by atoms with Crippen LogP contribution in [0.25, 0.3) is 5.69 Å². The highest BCUT2D eigenvalue weighted by Gasteiger charge is 2.25. The van der Waals surface area contributed by atoms with Gasteiger partial charge in [0.05, 0.1) is 11.4 Å². The largest absolute Gasteiger partial charge is 0.409 e. The van der Waals surface area contributed by atoms with Crippen LogP contribution < -0.4 is 5.73 Å². The molecule has 1 saturated carbocycles. The van der Waals surface area contributed by atoms with Crippen LogP contribution >= 0.6 is 15.9 Å². The summed E-state index contributed by atoms with van der Waals surface area (Å²) in [6.45, 7) is 0. The lowest BCUT2D eigenvalue weighted by atomic mass is 10.2. The van der Waals surface area contributed by atoms with Gasteiger partial charge in [-0.1, -0.05) is 5.16 Å². The van der Waals surface area contributed by atoms with Crippen molar-refractivity contribution in [3.8, 4) is 5.69 Å². The number of nitrogens with two attached hydrogens (primary N) is 1. The van der Waals surface area contributed by atoms with Crippen LogP contribution in [0.1, 0.15) is 30.0 Å². The predicted octanol–water partition coefficient (Wildman–Crippen LogP) is 2.61. The molecule has 98 valence electrons. The number of hydrogen-bond donors (Lipinski definition) is 2. The Balaban J connectivity index is 1.94. The van der Waals surface area contributed by atoms with Gasteiger partial charge < -0.3 is 10.9 Å². The third kappa shape index (κ3) is 2.35. The van der Waals surface area contributed by atoms with Crippen molar-refractivity contribution in [1.29, 1.82) is 0 Å². The Kier molecular flexibility index (Phi) is 3.02. The van der Waals surface area contributed by atoms with Crippen LogP contribution in [0.3, 0.4) is 0 Å². The second-order valence-corrected chi connectivity index (χ2v) is 5.46. The second kappa shape index (κ2) is 4.70. The van der Waals surface area contributed by atoms with Gasteiger partial charge in [-0.3, -0.25) is 0 Å². The monoisotopic (exact) mass is 320 g/mol. The fourth-order valence-corrected chi connectivity index (χ4v) is 2.56. The normalized spacial score (nSPS) is 15.7. The first kappa shape index (κ1) is 12.2. The minimum Gasteiger partial charge on any atom is -0.409 e. The van der Waals surface area contributed by atoms with Crippen LogP contribution in [0.15, 0.2) is 40.1 Å². The van der Waals surface area contributed by atoms with Crippen molar-refractivity contribution >= 4 is 21.8 Å². The maximum atomic E-state index is 8.69. The molecule has 3 rings (SSSR count). The van der Waals surface area contributed by atoms with E-state index in [0.29, 0.717) is 11.5 Å². The fraction of sp³-hybridized carbons (Fsp3) is 0.231. The number of amidine groups is 1. The number of halogens is 1. The molecule has 0 unspecified atom stereocenters. The number of oxime groups is 1. The molecule has 1 aliphatic carbocycles. The summed E-state index contributed by atoms with van der Waals surface area (Å²) in [6, 6.07) is 7.65. The zero-order valence-electron chi connectivity index (χ0n) is 10.1. The highest BCUT2D eigenvalue weighted by atomic mass is 79.9. The standard InChI is InChI=1S/C13H13BrN4O/c14-11-7-9(3-4-10(11)13(15)17-19)18-6-5-12(16-18)8-1-2-8/h3-8,19H,1-2H2,(H2,15,17). The number of nitrogens with zero attached hydrogens (tertiary/aromatic N) is 3. The molecule has 0 saturated heterocycles. The van der Waals surface area contributed by atoms with E-state index < -0.39 is 0 Å².